The second-order valence-electron chi connectivity index (χ2n) is 4.89. The average molecular weight is 275 g/mol. The lowest BCUT2D eigenvalue weighted by atomic mass is 10.0. The molecule has 20 heavy (non-hydrogen) atoms. The maximum atomic E-state index is 12.0. The van der Waals surface area contributed by atoms with Gasteiger partial charge in [-0.1, -0.05) is 24.0 Å². The molecule has 0 radical (unpaired) electrons. The van der Waals surface area contributed by atoms with Crippen molar-refractivity contribution in [2.24, 2.45) is 0 Å². The van der Waals surface area contributed by atoms with E-state index in [1.54, 1.807) is 24.3 Å². The van der Waals surface area contributed by atoms with E-state index in [-0.39, 0.29) is 5.56 Å². The van der Waals surface area contributed by atoms with Crippen molar-refractivity contribution in [3.63, 3.8) is 0 Å². The van der Waals surface area contributed by atoms with Crippen LogP contribution in [-0.2, 0) is 4.79 Å². The minimum atomic E-state index is -1.17. The molecule has 106 valence electrons. The predicted molar refractivity (Wildman–Crippen MR) is 74.2 cm³/mol. The number of benzene rings is 1. The first-order valence-electron chi connectivity index (χ1n) is 6.09. The Bertz CT molecular complexity index is 576. The first kappa shape index (κ1) is 15.7. The van der Waals surface area contributed by atoms with Crippen LogP contribution in [0.15, 0.2) is 24.3 Å². The topological polar surface area (TPSA) is 86.6 Å². The Morgan fingerprint density at radius 1 is 1.30 bits per heavy atom. The van der Waals surface area contributed by atoms with Gasteiger partial charge in [0.15, 0.2) is 0 Å². The highest BCUT2D eigenvalue weighted by atomic mass is 16.4. The van der Waals surface area contributed by atoms with Gasteiger partial charge >= 0.3 is 5.97 Å². The number of carboxylic acid groups (broad SMARTS) is 1. The zero-order valence-electron chi connectivity index (χ0n) is 11.6. The van der Waals surface area contributed by atoms with Crippen LogP contribution in [0.4, 0.5) is 0 Å². The SMILES string of the molecule is CC(NC(=O)c1ccccc1C#CC(C)(C)O)C(=O)O. The molecule has 0 aliphatic carbocycles. The highest BCUT2D eigenvalue weighted by molar-refractivity contribution is 5.98. The Kier molecular flexibility index (Phi) is 4.89. The summed E-state index contributed by atoms with van der Waals surface area (Å²) in [7, 11) is 0. The van der Waals surface area contributed by atoms with E-state index in [2.05, 4.69) is 17.2 Å². The molecule has 1 unspecified atom stereocenters. The molecule has 5 heteroatoms. The van der Waals surface area contributed by atoms with Gasteiger partial charge in [0.1, 0.15) is 11.6 Å². The Morgan fingerprint density at radius 2 is 1.90 bits per heavy atom. The number of hydrogen-bond acceptors (Lipinski definition) is 3. The zero-order chi connectivity index (χ0) is 15.3. The van der Waals surface area contributed by atoms with Crippen molar-refractivity contribution in [1.82, 2.24) is 5.32 Å². The van der Waals surface area contributed by atoms with Gasteiger partial charge in [-0.3, -0.25) is 9.59 Å². The maximum Gasteiger partial charge on any atom is 0.325 e. The van der Waals surface area contributed by atoms with Gasteiger partial charge in [-0.2, -0.15) is 0 Å². The summed E-state index contributed by atoms with van der Waals surface area (Å²) in [5.74, 6) is 3.72. The molecule has 1 amide bonds. The number of amides is 1. The Labute approximate surface area is 117 Å². The largest absolute Gasteiger partial charge is 0.480 e. The number of aliphatic carboxylic acids is 1. The molecule has 0 aromatic heterocycles. The zero-order valence-corrected chi connectivity index (χ0v) is 11.6. The summed E-state index contributed by atoms with van der Waals surface area (Å²) in [6.07, 6.45) is 0. The molecule has 5 nitrogen and oxygen atoms in total. The normalized spacial score (nSPS) is 12.0. The van der Waals surface area contributed by atoms with E-state index in [4.69, 9.17) is 5.11 Å². The number of aliphatic hydroxyl groups is 1. The van der Waals surface area contributed by atoms with Gasteiger partial charge in [0, 0.05) is 5.56 Å². The smallest absolute Gasteiger partial charge is 0.325 e. The summed E-state index contributed by atoms with van der Waals surface area (Å²) in [5.41, 5.74) is -0.458. The Hall–Kier alpha value is -2.32. The van der Waals surface area contributed by atoms with E-state index in [1.165, 1.54) is 20.8 Å². The number of nitrogens with one attached hydrogen (secondary N) is 1. The summed E-state index contributed by atoms with van der Waals surface area (Å²) in [4.78, 5) is 22.7. The van der Waals surface area contributed by atoms with Gasteiger partial charge in [-0.05, 0) is 32.9 Å². The summed E-state index contributed by atoms with van der Waals surface area (Å²) in [6, 6.07) is 5.58. The molecule has 0 saturated heterocycles. The fourth-order valence-corrected chi connectivity index (χ4v) is 1.35. The second-order valence-corrected chi connectivity index (χ2v) is 4.89. The van der Waals surface area contributed by atoms with E-state index >= 15 is 0 Å². The lowest BCUT2D eigenvalue weighted by molar-refractivity contribution is -0.138. The number of carboxylic acids is 1. The van der Waals surface area contributed by atoms with Crippen LogP contribution in [0.5, 0.6) is 0 Å². The van der Waals surface area contributed by atoms with Crippen LogP contribution >= 0.6 is 0 Å². The van der Waals surface area contributed by atoms with Gasteiger partial charge in [0.25, 0.3) is 5.91 Å². The van der Waals surface area contributed by atoms with Crippen LogP contribution in [0.25, 0.3) is 0 Å². The van der Waals surface area contributed by atoms with E-state index < -0.39 is 23.5 Å². The predicted octanol–water partition coefficient (Wildman–Crippen LogP) is 1.01. The summed E-state index contributed by atoms with van der Waals surface area (Å²) < 4.78 is 0. The molecule has 0 aliphatic rings. The first-order chi connectivity index (χ1) is 9.20. The second kappa shape index (κ2) is 6.22. The summed E-state index contributed by atoms with van der Waals surface area (Å²) >= 11 is 0. The van der Waals surface area contributed by atoms with Crippen LogP contribution in [0.2, 0.25) is 0 Å². The summed E-state index contributed by atoms with van der Waals surface area (Å²) in [5, 5.41) is 20.7. The molecule has 1 atom stereocenters. The number of carbonyl (C=O) groups excluding carboxylic acids is 1. The first-order valence-corrected chi connectivity index (χ1v) is 6.09. The molecule has 0 aliphatic heterocycles. The van der Waals surface area contributed by atoms with E-state index in [0.717, 1.165) is 0 Å². The molecule has 0 heterocycles. The minimum Gasteiger partial charge on any atom is -0.480 e. The fourth-order valence-electron chi connectivity index (χ4n) is 1.35. The molecule has 1 rings (SSSR count). The lowest BCUT2D eigenvalue weighted by Crippen LogP contribution is -2.38. The van der Waals surface area contributed by atoms with Crippen molar-refractivity contribution in [3.8, 4) is 11.8 Å². The van der Waals surface area contributed by atoms with Crippen LogP contribution in [0, 0.1) is 11.8 Å². The van der Waals surface area contributed by atoms with Crippen molar-refractivity contribution in [2.45, 2.75) is 32.4 Å². The maximum absolute atomic E-state index is 12.0. The third-order valence-electron chi connectivity index (χ3n) is 2.39. The Morgan fingerprint density at radius 3 is 2.45 bits per heavy atom. The van der Waals surface area contributed by atoms with Crippen LogP contribution in [-0.4, -0.2) is 33.7 Å². The molecule has 1 aromatic rings. The van der Waals surface area contributed by atoms with Crippen molar-refractivity contribution < 1.29 is 19.8 Å². The van der Waals surface area contributed by atoms with Gasteiger partial charge in [0.05, 0.1) is 5.56 Å². The summed E-state index contributed by atoms with van der Waals surface area (Å²) in [6.45, 7) is 4.45. The fraction of sp³-hybridized carbons (Fsp3) is 0.333. The number of rotatable bonds is 3. The van der Waals surface area contributed by atoms with Crippen molar-refractivity contribution in [3.05, 3.63) is 35.4 Å². The molecule has 0 bridgehead atoms. The molecule has 0 spiro atoms. The van der Waals surface area contributed by atoms with E-state index in [9.17, 15) is 14.7 Å². The Balaban J connectivity index is 3.04. The molecule has 3 N–H and O–H groups in total. The van der Waals surface area contributed by atoms with Crippen LogP contribution < -0.4 is 5.32 Å². The van der Waals surface area contributed by atoms with Crippen LogP contribution in [0.3, 0.4) is 0 Å². The highest BCUT2D eigenvalue weighted by Gasteiger charge is 2.17. The third kappa shape index (κ3) is 4.75. The standard InChI is InChI=1S/C15H17NO4/c1-10(14(18)19)16-13(17)12-7-5-4-6-11(12)8-9-15(2,3)20/h4-7,10,20H,1-3H3,(H,16,17)(H,18,19). The molecular weight excluding hydrogens is 258 g/mol. The molecule has 0 fully saturated rings. The van der Waals surface area contributed by atoms with Gasteiger partial charge in [0.2, 0.25) is 0 Å². The average Bonchev–Trinajstić information content (AvgIpc) is 2.35. The number of carbonyl (C=O) groups is 2. The quantitative estimate of drug-likeness (QED) is 0.719. The van der Waals surface area contributed by atoms with Crippen molar-refractivity contribution >= 4 is 11.9 Å². The molecular formula is C15H17NO4. The lowest BCUT2D eigenvalue weighted by Gasteiger charge is -2.11. The molecule has 0 saturated carbocycles. The van der Waals surface area contributed by atoms with Crippen LogP contribution in [0.1, 0.15) is 36.7 Å². The van der Waals surface area contributed by atoms with E-state index in [0.29, 0.717) is 5.56 Å². The number of hydrogen-bond donors (Lipinski definition) is 3. The highest BCUT2D eigenvalue weighted by Crippen LogP contribution is 2.09. The minimum absolute atomic E-state index is 0.275. The van der Waals surface area contributed by atoms with Crippen molar-refractivity contribution in [1.29, 1.82) is 0 Å². The molecule has 1 aromatic carbocycles. The van der Waals surface area contributed by atoms with Gasteiger partial charge in [-0.15, -0.1) is 0 Å². The van der Waals surface area contributed by atoms with E-state index in [1.807, 2.05) is 0 Å². The van der Waals surface area contributed by atoms with Crippen molar-refractivity contribution in [2.75, 3.05) is 0 Å². The van der Waals surface area contributed by atoms with Gasteiger partial charge < -0.3 is 15.5 Å². The van der Waals surface area contributed by atoms with Gasteiger partial charge in [-0.25, -0.2) is 0 Å². The monoisotopic (exact) mass is 275 g/mol. The third-order valence-corrected chi connectivity index (χ3v) is 2.39.